The van der Waals surface area contributed by atoms with Gasteiger partial charge in [-0.15, -0.1) is 0 Å². The van der Waals surface area contributed by atoms with E-state index in [1.54, 1.807) is 0 Å². The van der Waals surface area contributed by atoms with Gasteiger partial charge in [0.15, 0.2) is 31.3 Å². The lowest BCUT2D eigenvalue weighted by molar-refractivity contribution is -0.697. The number of rotatable bonds is 17. The Kier molecular flexibility index (Phi) is 14.3. The van der Waals surface area contributed by atoms with E-state index in [2.05, 4.69) is 80.8 Å². The Balaban J connectivity index is 1.83. The van der Waals surface area contributed by atoms with Crippen molar-refractivity contribution in [3.05, 3.63) is 93.6 Å². The van der Waals surface area contributed by atoms with Crippen LogP contribution in [0.3, 0.4) is 0 Å². The van der Waals surface area contributed by atoms with Gasteiger partial charge in [-0.2, -0.15) is 0 Å². The van der Waals surface area contributed by atoms with Crippen LogP contribution in [-0.2, 0) is 30.4 Å². The van der Waals surface area contributed by atoms with Crippen LogP contribution in [0.1, 0.15) is 84.0 Å². The van der Waals surface area contributed by atoms with Crippen LogP contribution in [0, 0.1) is 13.8 Å². The first-order valence-electron chi connectivity index (χ1n) is 15.6. The zero-order valence-electron chi connectivity index (χ0n) is 26.5. The minimum atomic E-state index is -3.99. The molecule has 0 atom stereocenters. The SMILES string of the molecule is CCCc1c(C)c(C=Cc2cc[n+](CCC[Si](O)(O)O)cc2)c(CCC)c(C)c1C=Cc1cc[n+](CCCO[Si](O)O)cc1. The maximum atomic E-state index is 9.24. The standard InChI is InChI=1S/C34H49N2O6Si2/c1-5-9-31-28(4)34(14-12-30-17-23-36(24-18-30)20-8-26-44(39,40)41)32(10-6-2)27(3)33(31)13-11-29-15-21-35(22-16-29)19-7-25-42-43(37)38/h11-18,21-24,37-41H,5-10,19-20,25-26H2,1-4H3/q+2. The van der Waals surface area contributed by atoms with Gasteiger partial charge in [0, 0.05) is 49.8 Å². The van der Waals surface area contributed by atoms with Gasteiger partial charge < -0.3 is 28.4 Å². The minimum Gasteiger partial charge on any atom is -0.390 e. The van der Waals surface area contributed by atoms with Gasteiger partial charge in [-0.25, -0.2) is 9.13 Å². The predicted molar refractivity (Wildman–Crippen MR) is 178 cm³/mol. The van der Waals surface area contributed by atoms with Gasteiger partial charge in [-0.05, 0) is 71.2 Å². The molecule has 8 nitrogen and oxygen atoms in total. The summed E-state index contributed by atoms with van der Waals surface area (Å²) in [5, 5.41) is 0. The van der Waals surface area contributed by atoms with E-state index in [0.29, 0.717) is 26.0 Å². The van der Waals surface area contributed by atoms with Crippen LogP contribution in [0.5, 0.6) is 0 Å². The average molecular weight is 638 g/mol. The Hall–Kier alpha value is -2.81. The molecule has 3 rings (SSSR count). The number of benzene rings is 1. The first kappa shape index (κ1) is 35.7. The van der Waals surface area contributed by atoms with Gasteiger partial charge in [0.2, 0.25) is 0 Å². The molecule has 0 spiro atoms. The third-order valence-electron chi connectivity index (χ3n) is 7.80. The zero-order valence-corrected chi connectivity index (χ0v) is 28.5. The lowest BCUT2D eigenvalue weighted by Crippen LogP contribution is -2.38. The predicted octanol–water partition coefficient (Wildman–Crippen LogP) is 3.81. The molecule has 3 aromatic rings. The lowest BCUT2D eigenvalue weighted by Gasteiger charge is -2.21. The van der Waals surface area contributed by atoms with Crippen molar-refractivity contribution < 1.29 is 37.5 Å². The van der Waals surface area contributed by atoms with E-state index in [9.17, 15) is 14.4 Å². The van der Waals surface area contributed by atoms with Gasteiger partial charge in [-0.1, -0.05) is 51.0 Å². The van der Waals surface area contributed by atoms with Crippen LogP contribution < -0.4 is 9.13 Å². The van der Waals surface area contributed by atoms with E-state index < -0.39 is 18.3 Å². The molecule has 237 valence electrons. The second-order valence-electron chi connectivity index (χ2n) is 11.3. The summed E-state index contributed by atoms with van der Waals surface area (Å²) in [7, 11) is -6.60. The summed E-state index contributed by atoms with van der Waals surface area (Å²) >= 11 is 0. The molecule has 10 heteroatoms. The monoisotopic (exact) mass is 637 g/mol. The van der Waals surface area contributed by atoms with Crippen LogP contribution in [0.15, 0.2) is 49.1 Å². The molecule has 0 fully saturated rings. The third-order valence-corrected chi connectivity index (χ3v) is 9.29. The summed E-state index contributed by atoms with van der Waals surface area (Å²) in [6.07, 6.45) is 22.3. The number of aromatic nitrogens is 2. The molecule has 1 aromatic carbocycles. The fourth-order valence-corrected chi connectivity index (χ4v) is 6.46. The second-order valence-corrected chi connectivity index (χ2v) is 14.2. The second kappa shape index (κ2) is 17.6. The molecule has 0 saturated heterocycles. The van der Waals surface area contributed by atoms with Crippen LogP contribution in [0.2, 0.25) is 6.04 Å². The van der Waals surface area contributed by atoms with E-state index in [1.165, 1.54) is 33.4 Å². The number of hydrogen-bond acceptors (Lipinski definition) is 6. The Morgan fingerprint density at radius 1 is 0.705 bits per heavy atom. The van der Waals surface area contributed by atoms with Gasteiger partial charge in [0.05, 0.1) is 0 Å². The molecule has 44 heavy (non-hydrogen) atoms. The normalized spacial score (nSPS) is 12.3. The largest absolute Gasteiger partial charge is 0.571 e. The van der Waals surface area contributed by atoms with E-state index in [4.69, 9.17) is 14.0 Å². The molecule has 0 aliphatic heterocycles. The number of nitrogens with zero attached hydrogens (tertiary/aromatic N) is 2. The zero-order chi connectivity index (χ0) is 32.1. The minimum absolute atomic E-state index is 0.0355. The van der Waals surface area contributed by atoms with Crippen molar-refractivity contribution in [1.82, 2.24) is 0 Å². The molecule has 2 aromatic heterocycles. The summed E-state index contributed by atoms with van der Waals surface area (Å²) < 4.78 is 8.95. The maximum Gasteiger partial charge on any atom is 0.571 e. The summed E-state index contributed by atoms with van der Waals surface area (Å²) in [5.74, 6) is 0. The van der Waals surface area contributed by atoms with Crippen molar-refractivity contribution in [3.63, 3.8) is 0 Å². The number of pyridine rings is 2. The molecular formula is C34H49N2O6Si2+2. The maximum absolute atomic E-state index is 9.24. The summed E-state index contributed by atoms with van der Waals surface area (Å²) in [6, 6.07) is 8.35. The summed E-state index contributed by atoms with van der Waals surface area (Å²) in [4.78, 5) is 45.5. The quantitative estimate of drug-likeness (QED) is 0.0874. The summed E-state index contributed by atoms with van der Waals surface area (Å²) in [5.41, 5.74) is 10.3. The van der Waals surface area contributed by atoms with E-state index in [1.807, 2.05) is 29.4 Å². The van der Waals surface area contributed by atoms with Crippen molar-refractivity contribution in [1.29, 1.82) is 0 Å². The van der Waals surface area contributed by atoms with Crippen molar-refractivity contribution in [2.45, 2.75) is 85.4 Å². The van der Waals surface area contributed by atoms with Gasteiger partial charge >= 0.3 is 18.3 Å². The van der Waals surface area contributed by atoms with E-state index in [0.717, 1.165) is 43.4 Å². The van der Waals surface area contributed by atoms with Gasteiger partial charge in [0.25, 0.3) is 0 Å². The molecule has 0 saturated carbocycles. The highest BCUT2D eigenvalue weighted by atomic mass is 28.4. The Bertz CT molecular complexity index is 1390. The molecular weight excluding hydrogens is 589 g/mol. The highest BCUT2D eigenvalue weighted by Gasteiger charge is 2.26. The highest BCUT2D eigenvalue weighted by molar-refractivity contribution is 6.56. The van der Waals surface area contributed by atoms with Gasteiger partial charge in [0.1, 0.15) is 6.54 Å². The highest BCUT2D eigenvalue weighted by Crippen LogP contribution is 2.32. The lowest BCUT2D eigenvalue weighted by atomic mass is 9.83. The van der Waals surface area contributed by atoms with Crippen LogP contribution in [0.4, 0.5) is 0 Å². The fourth-order valence-electron chi connectivity index (χ4n) is 5.50. The van der Waals surface area contributed by atoms with Crippen molar-refractivity contribution in [2.24, 2.45) is 0 Å². The topological polar surface area (TPSA) is 118 Å². The van der Waals surface area contributed by atoms with Crippen LogP contribution in [-0.4, -0.2) is 48.9 Å². The van der Waals surface area contributed by atoms with Crippen molar-refractivity contribution in [3.8, 4) is 0 Å². The third kappa shape index (κ3) is 11.3. The molecule has 0 bridgehead atoms. The van der Waals surface area contributed by atoms with Crippen LogP contribution in [0.25, 0.3) is 24.3 Å². The molecule has 5 N–H and O–H groups in total. The molecule has 2 heterocycles. The molecule has 1 radical (unpaired) electrons. The van der Waals surface area contributed by atoms with E-state index in [-0.39, 0.29) is 6.04 Å². The first-order valence-corrected chi connectivity index (χ1v) is 18.9. The Labute approximate surface area is 265 Å². The average Bonchev–Trinajstić information content (AvgIpc) is 2.98. The number of aryl methyl sites for hydroxylation is 2. The van der Waals surface area contributed by atoms with Crippen LogP contribution >= 0.6 is 0 Å². The Morgan fingerprint density at radius 3 is 1.52 bits per heavy atom. The molecule has 0 aliphatic rings. The van der Waals surface area contributed by atoms with E-state index >= 15 is 0 Å². The van der Waals surface area contributed by atoms with Crippen molar-refractivity contribution in [2.75, 3.05) is 6.61 Å². The number of hydrogen-bond donors (Lipinski definition) is 5. The first-order chi connectivity index (χ1) is 21.0. The van der Waals surface area contributed by atoms with Gasteiger partial charge in [-0.3, -0.25) is 0 Å². The molecule has 0 amide bonds. The molecule has 0 aliphatic carbocycles. The summed E-state index contributed by atoms with van der Waals surface area (Å²) in [6.45, 7) is 10.6. The Morgan fingerprint density at radius 2 is 1.14 bits per heavy atom. The van der Waals surface area contributed by atoms with Crippen molar-refractivity contribution >= 4 is 42.6 Å². The molecule has 0 unspecified atom stereocenters. The fraction of sp³-hybridized carbons (Fsp3) is 0.412. The smallest absolute Gasteiger partial charge is 0.390 e.